The van der Waals surface area contributed by atoms with Gasteiger partial charge in [0.1, 0.15) is 5.82 Å². The number of likely N-dealkylation sites (tertiary alicyclic amines) is 1. The first-order valence-corrected chi connectivity index (χ1v) is 14.0. The second-order valence-electron chi connectivity index (χ2n) is 10.5. The lowest BCUT2D eigenvalue weighted by atomic mass is 10.1. The molecule has 0 saturated carbocycles. The third-order valence-corrected chi connectivity index (χ3v) is 7.64. The molecule has 0 bridgehead atoms. The maximum atomic E-state index is 13.8. The van der Waals surface area contributed by atoms with Gasteiger partial charge in [0.2, 0.25) is 0 Å². The number of carbonyl (C=O) groups is 3. The predicted molar refractivity (Wildman–Crippen MR) is 154 cm³/mol. The lowest BCUT2D eigenvalue weighted by Gasteiger charge is -2.30. The van der Waals surface area contributed by atoms with E-state index in [1.807, 2.05) is 36.1 Å². The molecule has 3 aromatic carbocycles. The Balaban J connectivity index is 1.38. The molecule has 40 heavy (non-hydrogen) atoms. The molecule has 0 aromatic heterocycles. The molecule has 2 heterocycles. The Kier molecular flexibility index (Phi) is 8.43. The molecular formula is C32H35FN4O3. The Hall–Kier alpha value is -4.20. The predicted octanol–water partition coefficient (Wildman–Crippen LogP) is 5.37. The largest absolute Gasteiger partial charge is 0.369 e. The number of hydrogen-bond donors (Lipinski definition) is 1. The Morgan fingerprint density at radius 2 is 1.43 bits per heavy atom. The lowest BCUT2D eigenvalue weighted by Crippen LogP contribution is -2.38. The minimum absolute atomic E-state index is 0.0434. The van der Waals surface area contributed by atoms with Gasteiger partial charge in [-0.15, -0.1) is 0 Å². The quantitative estimate of drug-likeness (QED) is 0.471. The van der Waals surface area contributed by atoms with Crippen LogP contribution in [0.5, 0.6) is 0 Å². The highest BCUT2D eigenvalue weighted by Crippen LogP contribution is 2.29. The first-order chi connectivity index (χ1) is 19.4. The number of piperidine rings is 1. The number of carbonyl (C=O) groups excluding carboxylic acids is 3. The van der Waals surface area contributed by atoms with Gasteiger partial charge >= 0.3 is 0 Å². The van der Waals surface area contributed by atoms with Crippen molar-refractivity contribution in [2.75, 3.05) is 49.5 Å². The van der Waals surface area contributed by atoms with Gasteiger partial charge in [-0.25, -0.2) is 4.39 Å². The summed E-state index contributed by atoms with van der Waals surface area (Å²) in [4.78, 5) is 45.5. The van der Waals surface area contributed by atoms with E-state index in [0.29, 0.717) is 68.1 Å². The summed E-state index contributed by atoms with van der Waals surface area (Å²) in [6.07, 6.45) is 3.78. The van der Waals surface area contributed by atoms with E-state index in [1.165, 1.54) is 12.1 Å². The number of hydrogen-bond acceptors (Lipinski definition) is 4. The molecule has 3 amide bonds. The molecule has 2 saturated heterocycles. The molecule has 0 atom stereocenters. The normalized spacial score (nSPS) is 15.9. The van der Waals surface area contributed by atoms with Crippen molar-refractivity contribution in [3.63, 3.8) is 0 Å². The molecule has 8 heteroatoms. The molecule has 0 unspecified atom stereocenters. The van der Waals surface area contributed by atoms with Gasteiger partial charge in [-0.1, -0.05) is 23.8 Å². The summed E-state index contributed by atoms with van der Waals surface area (Å²) in [5.41, 5.74) is 3.87. The van der Waals surface area contributed by atoms with Crippen LogP contribution in [-0.2, 0) is 0 Å². The zero-order valence-electron chi connectivity index (χ0n) is 22.9. The topological polar surface area (TPSA) is 73.0 Å². The van der Waals surface area contributed by atoms with E-state index in [1.54, 1.807) is 35.2 Å². The smallest absolute Gasteiger partial charge is 0.256 e. The van der Waals surface area contributed by atoms with Crippen LogP contribution in [0.15, 0.2) is 66.7 Å². The number of anilines is 2. The zero-order chi connectivity index (χ0) is 28.1. The van der Waals surface area contributed by atoms with Crippen LogP contribution in [0.2, 0.25) is 0 Å². The van der Waals surface area contributed by atoms with Gasteiger partial charge < -0.3 is 20.0 Å². The monoisotopic (exact) mass is 542 g/mol. The van der Waals surface area contributed by atoms with Crippen LogP contribution in [0.25, 0.3) is 0 Å². The molecule has 1 N–H and O–H groups in total. The summed E-state index contributed by atoms with van der Waals surface area (Å²) < 4.78 is 13.7. The SMILES string of the molecule is Cc1ccc(C(=O)Nc2ccc(N3CCCN(C(=O)c4cccc(F)c4)CC3)c(C(=O)N3CCCCC3)c2)cc1. The Morgan fingerprint density at radius 3 is 2.17 bits per heavy atom. The molecule has 0 radical (unpaired) electrons. The molecule has 208 valence electrons. The van der Waals surface area contributed by atoms with Crippen molar-refractivity contribution in [1.82, 2.24) is 9.80 Å². The second kappa shape index (κ2) is 12.3. The number of amides is 3. The van der Waals surface area contributed by atoms with Gasteiger partial charge in [-0.2, -0.15) is 0 Å². The Bertz CT molecular complexity index is 1390. The molecule has 0 spiro atoms. The first kappa shape index (κ1) is 27.4. The van der Waals surface area contributed by atoms with E-state index in [0.717, 1.165) is 30.5 Å². The van der Waals surface area contributed by atoms with Crippen molar-refractivity contribution in [1.29, 1.82) is 0 Å². The standard InChI is InChI=1S/C32H35FN4O3/c1-23-9-11-24(12-10-23)30(38)34-27-13-14-29(28(22-27)32(40)36-15-3-2-4-16-36)35-17-6-18-37(20-19-35)31(39)25-7-5-8-26(33)21-25/h5,7-14,21-22H,2-4,6,15-20H2,1H3,(H,34,38). The van der Waals surface area contributed by atoms with Gasteiger partial charge in [-0.3, -0.25) is 14.4 Å². The molecule has 2 fully saturated rings. The fourth-order valence-electron chi connectivity index (χ4n) is 5.40. The zero-order valence-corrected chi connectivity index (χ0v) is 22.9. The number of nitrogens with one attached hydrogen (secondary N) is 1. The van der Waals surface area contributed by atoms with Crippen molar-refractivity contribution < 1.29 is 18.8 Å². The van der Waals surface area contributed by atoms with Crippen LogP contribution in [0, 0.1) is 12.7 Å². The third-order valence-electron chi connectivity index (χ3n) is 7.64. The maximum absolute atomic E-state index is 13.8. The number of nitrogens with zero attached hydrogens (tertiary/aromatic N) is 3. The molecule has 7 nitrogen and oxygen atoms in total. The average Bonchev–Trinajstić information content (AvgIpc) is 3.23. The average molecular weight is 543 g/mol. The van der Waals surface area contributed by atoms with Gasteiger partial charge in [-0.05, 0) is 81.1 Å². The summed E-state index contributed by atoms with van der Waals surface area (Å²) in [6, 6.07) is 18.6. The van der Waals surface area contributed by atoms with E-state index in [2.05, 4.69) is 10.2 Å². The Labute approximate surface area is 234 Å². The molecule has 2 aliphatic heterocycles. The van der Waals surface area contributed by atoms with Crippen LogP contribution >= 0.6 is 0 Å². The lowest BCUT2D eigenvalue weighted by molar-refractivity contribution is 0.0723. The Morgan fingerprint density at radius 1 is 0.700 bits per heavy atom. The van der Waals surface area contributed by atoms with E-state index < -0.39 is 5.82 Å². The minimum atomic E-state index is -0.433. The van der Waals surface area contributed by atoms with Crippen LogP contribution in [-0.4, -0.2) is 66.8 Å². The van der Waals surface area contributed by atoms with Crippen molar-refractivity contribution >= 4 is 29.1 Å². The fraction of sp³-hybridized carbons (Fsp3) is 0.344. The number of benzene rings is 3. The van der Waals surface area contributed by atoms with Crippen molar-refractivity contribution in [2.45, 2.75) is 32.6 Å². The van der Waals surface area contributed by atoms with Crippen molar-refractivity contribution in [3.8, 4) is 0 Å². The number of halogens is 1. The summed E-state index contributed by atoms with van der Waals surface area (Å²) in [7, 11) is 0. The van der Waals surface area contributed by atoms with Crippen LogP contribution in [0.4, 0.5) is 15.8 Å². The van der Waals surface area contributed by atoms with Crippen LogP contribution < -0.4 is 10.2 Å². The number of rotatable bonds is 5. The summed E-state index contributed by atoms with van der Waals surface area (Å²) in [5.74, 6) is -0.902. The highest BCUT2D eigenvalue weighted by atomic mass is 19.1. The van der Waals surface area contributed by atoms with Gasteiger partial charge in [0.05, 0.1) is 5.56 Å². The summed E-state index contributed by atoms with van der Waals surface area (Å²) in [5, 5.41) is 2.95. The van der Waals surface area contributed by atoms with Gasteiger partial charge in [0.25, 0.3) is 17.7 Å². The first-order valence-electron chi connectivity index (χ1n) is 14.0. The molecule has 2 aliphatic rings. The summed E-state index contributed by atoms with van der Waals surface area (Å²) >= 11 is 0. The van der Waals surface area contributed by atoms with Crippen LogP contribution in [0.3, 0.4) is 0 Å². The van der Waals surface area contributed by atoms with Crippen molar-refractivity contribution in [3.05, 3.63) is 94.8 Å². The highest BCUT2D eigenvalue weighted by Gasteiger charge is 2.26. The third kappa shape index (κ3) is 6.33. The van der Waals surface area contributed by atoms with E-state index in [9.17, 15) is 18.8 Å². The van der Waals surface area contributed by atoms with Gasteiger partial charge in [0.15, 0.2) is 0 Å². The van der Waals surface area contributed by atoms with Crippen molar-refractivity contribution in [2.24, 2.45) is 0 Å². The molecule has 0 aliphatic carbocycles. The molecule has 5 rings (SSSR count). The summed E-state index contributed by atoms with van der Waals surface area (Å²) in [6.45, 7) is 5.61. The van der Waals surface area contributed by atoms with E-state index in [-0.39, 0.29) is 17.7 Å². The highest BCUT2D eigenvalue weighted by molar-refractivity contribution is 6.06. The maximum Gasteiger partial charge on any atom is 0.256 e. The second-order valence-corrected chi connectivity index (χ2v) is 10.5. The molecular weight excluding hydrogens is 507 g/mol. The molecule has 3 aromatic rings. The number of aryl methyl sites for hydroxylation is 1. The van der Waals surface area contributed by atoms with Crippen LogP contribution in [0.1, 0.15) is 62.3 Å². The van der Waals surface area contributed by atoms with E-state index in [4.69, 9.17) is 0 Å². The fourth-order valence-corrected chi connectivity index (χ4v) is 5.40. The van der Waals surface area contributed by atoms with E-state index >= 15 is 0 Å². The van der Waals surface area contributed by atoms with Gasteiger partial charge in [0, 0.05) is 61.8 Å². The minimum Gasteiger partial charge on any atom is -0.369 e.